The number of pyridine rings is 1. The van der Waals surface area contributed by atoms with Crippen LogP contribution in [0.5, 0.6) is 11.5 Å². The van der Waals surface area contributed by atoms with Crippen molar-refractivity contribution in [2.75, 3.05) is 37.4 Å². The molecule has 0 unspecified atom stereocenters. The number of carbonyl (C=O) groups is 1. The Balaban J connectivity index is 1.24. The number of nitrogens with one attached hydrogen (secondary N) is 2. The average molecular weight is 519 g/mol. The van der Waals surface area contributed by atoms with E-state index in [1.807, 2.05) is 36.7 Å². The zero-order valence-corrected chi connectivity index (χ0v) is 21.7. The Labute approximate surface area is 220 Å². The predicted octanol–water partition coefficient (Wildman–Crippen LogP) is 5.00. The van der Waals surface area contributed by atoms with Gasteiger partial charge in [0.05, 0.1) is 29.4 Å². The second-order valence-electron chi connectivity index (χ2n) is 9.49. The minimum atomic E-state index is -0.345. The minimum absolute atomic E-state index is 0.120. The van der Waals surface area contributed by atoms with Crippen molar-refractivity contribution in [1.82, 2.24) is 19.4 Å². The summed E-state index contributed by atoms with van der Waals surface area (Å²) in [5.74, 6) is 1.58. The summed E-state index contributed by atoms with van der Waals surface area (Å²) in [6.07, 6.45) is 3.71. The van der Waals surface area contributed by atoms with E-state index in [1.165, 1.54) is 6.07 Å². The van der Waals surface area contributed by atoms with Gasteiger partial charge >= 0.3 is 0 Å². The van der Waals surface area contributed by atoms with Crippen molar-refractivity contribution in [2.45, 2.75) is 25.9 Å². The van der Waals surface area contributed by atoms with Gasteiger partial charge in [0.15, 0.2) is 0 Å². The Hall–Kier alpha value is -4.02. The highest BCUT2D eigenvalue weighted by Crippen LogP contribution is 2.29. The number of nitrogens with zero attached hydrogens (tertiary/aromatic N) is 4. The van der Waals surface area contributed by atoms with Gasteiger partial charge in [0, 0.05) is 45.6 Å². The van der Waals surface area contributed by atoms with Gasteiger partial charge in [-0.05, 0) is 55.7 Å². The van der Waals surface area contributed by atoms with E-state index in [4.69, 9.17) is 9.47 Å². The van der Waals surface area contributed by atoms with Gasteiger partial charge in [-0.3, -0.25) is 9.69 Å². The number of ether oxygens (including phenoxy) is 2. The summed E-state index contributed by atoms with van der Waals surface area (Å²) in [4.78, 5) is 23.5. The molecule has 9 nitrogen and oxygen atoms in total. The maximum absolute atomic E-state index is 14.2. The van der Waals surface area contributed by atoms with Crippen LogP contribution in [0.25, 0.3) is 11.0 Å². The number of aryl methyl sites for hydroxylation is 2. The van der Waals surface area contributed by atoms with Crippen LogP contribution in [0.2, 0.25) is 0 Å². The first-order chi connectivity index (χ1) is 18.4. The van der Waals surface area contributed by atoms with E-state index in [-0.39, 0.29) is 17.8 Å². The van der Waals surface area contributed by atoms with Gasteiger partial charge in [-0.25, -0.2) is 14.4 Å². The molecule has 0 aliphatic carbocycles. The number of carbonyl (C=O) groups excluding carboxylic acids is 1. The quantitative estimate of drug-likeness (QED) is 0.339. The maximum Gasteiger partial charge on any atom is 0.239 e. The van der Waals surface area contributed by atoms with Crippen LogP contribution in [-0.2, 0) is 16.6 Å². The van der Waals surface area contributed by atoms with E-state index in [9.17, 15) is 9.18 Å². The molecule has 1 fully saturated rings. The molecule has 1 amide bonds. The van der Waals surface area contributed by atoms with Gasteiger partial charge in [-0.15, -0.1) is 0 Å². The molecule has 1 saturated heterocycles. The van der Waals surface area contributed by atoms with Gasteiger partial charge in [-0.1, -0.05) is 6.07 Å². The molecular formula is C28H31FN6O3. The number of rotatable bonds is 8. The number of hydrogen-bond donors (Lipinski definition) is 2. The van der Waals surface area contributed by atoms with Crippen molar-refractivity contribution in [3.05, 3.63) is 66.1 Å². The molecule has 0 saturated carbocycles. The van der Waals surface area contributed by atoms with Gasteiger partial charge in [0.2, 0.25) is 11.9 Å². The molecule has 38 heavy (non-hydrogen) atoms. The number of imidazole rings is 1. The number of aromatic nitrogens is 3. The Kier molecular flexibility index (Phi) is 7.52. The molecule has 3 heterocycles. The highest BCUT2D eigenvalue weighted by molar-refractivity contribution is 5.91. The lowest BCUT2D eigenvalue weighted by molar-refractivity contribution is -0.118. The molecule has 5 rings (SSSR count). The normalized spacial score (nSPS) is 14.5. The number of methoxy groups -OCH3 is 1. The van der Waals surface area contributed by atoms with E-state index in [2.05, 4.69) is 25.5 Å². The number of halogens is 1. The highest BCUT2D eigenvalue weighted by atomic mass is 19.1. The monoisotopic (exact) mass is 518 g/mol. The molecule has 0 atom stereocenters. The molecule has 10 heteroatoms. The van der Waals surface area contributed by atoms with Crippen LogP contribution >= 0.6 is 0 Å². The van der Waals surface area contributed by atoms with Crippen molar-refractivity contribution in [3.63, 3.8) is 0 Å². The van der Waals surface area contributed by atoms with Crippen LogP contribution in [-0.4, -0.2) is 58.2 Å². The van der Waals surface area contributed by atoms with Crippen molar-refractivity contribution in [2.24, 2.45) is 7.05 Å². The lowest BCUT2D eigenvalue weighted by Gasteiger charge is -2.30. The topological polar surface area (TPSA) is 93.5 Å². The average Bonchev–Trinajstić information content (AvgIpc) is 3.21. The third-order valence-corrected chi connectivity index (χ3v) is 6.69. The number of hydrogen-bond acceptors (Lipinski definition) is 7. The van der Waals surface area contributed by atoms with E-state index in [1.54, 1.807) is 37.6 Å². The van der Waals surface area contributed by atoms with Crippen molar-refractivity contribution in [1.29, 1.82) is 0 Å². The van der Waals surface area contributed by atoms with Gasteiger partial charge in [0.1, 0.15) is 23.1 Å². The van der Waals surface area contributed by atoms with Gasteiger partial charge in [0.25, 0.3) is 0 Å². The molecule has 0 radical (unpaired) electrons. The van der Waals surface area contributed by atoms with Crippen molar-refractivity contribution < 1.29 is 18.7 Å². The van der Waals surface area contributed by atoms with Crippen molar-refractivity contribution in [3.8, 4) is 11.5 Å². The first-order valence-corrected chi connectivity index (χ1v) is 12.6. The van der Waals surface area contributed by atoms with E-state index < -0.39 is 0 Å². The zero-order valence-electron chi connectivity index (χ0n) is 21.7. The Bertz CT molecular complexity index is 1450. The molecule has 0 spiro atoms. The van der Waals surface area contributed by atoms with E-state index in [0.29, 0.717) is 41.0 Å². The van der Waals surface area contributed by atoms with Crippen LogP contribution in [0, 0.1) is 12.7 Å². The second-order valence-corrected chi connectivity index (χ2v) is 9.49. The summed E-state index contributed by atoms with van der Waals surface area (Å²) in [5, 5.41) is 5.93. The Morgan fingerprint density at radius 2 is 1.89 bits per heavy atom. The van der Waals surface area contributed by atoms with Crippen LogP contribution in [0.1, 0.15) is 18.4 Å². The largest absolute Gasteiger partial charge is 0.457 e. The fourth-order valence-corrected chi connectivity index (χ4v) is 4.58. The summed E-state index contributed by atoms with van der Waals surface area (Å²) >= 11 is 0. The summed E-state index contributed by atoms with van der Waals surface area (Å²) in [5.41, 5.74) is 2.87. The fourth-order valence-electron chi connectivity index (χ4n) is 4.58. The fraction of sp³-hybridized carbons (Fsp3) is 0.321. The number of amides is 1. The standard InChI is InChI=1S/C28H31FN6O3/c1-18-4-6-22(29)23(14-18)31-28-32-24-15-20(5-7-25(24)34(28)2)38-21-8-11-30-26(16-21)33-27(36)17-35-12-9-19(37-3)10-13-35/h4-8,11,14-16,19H,9-10,12-13,17H2,1-3H3,(H,31,32)(H,30,33,36). The Morgan fingerprint density at radius 1 is 1.11 bits per heavy atom. The summed E-state index contributed by atoms with van der Waals surface area (Å²) < 4.78 is 27.5. The van der Waals surface area contributed by atoms with Gasteiger partial charge < -0.3 is 24.7 Å². The van der Waals surface area contributed by atoms with Crippen LogP contribution in [0.4, 0.5) is 21.8 Å². The molecular weight excluding hydrogens is 487 g/mol. The summed E-state index contributed by atoms with van der Waals surface area (Å²) in [7, 11) is 3.59. The molecule has 2 aromatic carbocycles. The highest BCUT2D eigenvalue weighted by Gasteiger charge is 2.20. The van der Waals surface area contributed by atoms with Crippen molar-refractivity contribution >= 4 is 34.4 Å². The predicted molar refractivity (Wildman–Crippen MR) is 145 cm³/mol. The number of anilines is 3. The number of likely N-dealkylation sites (tertiary alicyclic amines) is 1. The zero-order chi connectivity index (χ0) is 26.6. The minimum Gasteiger partial charge on any atom is -0.457 e. The number of fused-ring (bicyclic) bond motifs is 1. The van der Waals surface area contributed by atoms with Gasteiger partial charge in [-0.2, -0.15) is 0 Å². The lowest BCUT2D eigenvalue weighted by Crippen LogP contribution is -2.41. The first-order valence-electron chi connectivity index (χ1n) is 12.6. The third kappa shape index (κ3) is 5.92. The maximum atomic E-state index is 14.2. The first kappa shape index (κ1) is 25.6. The Morgan fingerprint density at radius 3 is 2.68 bits per heavy atom. The smallest absolute Gasteiger partial charge is 0.239 e. The molecule has 198 valence electrons. The van der Waals surface area contributed by atoms with E-state index >= 15 is 0 Å². The molecule has 2 N–H and O–H groups in total. The van der Waals surface area contributed by atoms with E-state index in [0.717, 1.165) is 37.0 Å². The third-order valence-electron chi connectivity index (χ3n) is 6.69. The molecule has 1 aliphatic heterocycles. The number of benzene rings is 2. The molecule has 2 aromatic heterocycles. The molecule has 1 aliphatic rings. The lowest BCUT2D eigenvalue weighted by atomic mass is 10.1. The second kappa shape index (κ2) is 11.2. The molecule has 4 aromatic rings. The summed E-state index contributed by atoms with van der Waals surface area (Å²) in [6.45, 7) is 3.87. The summed E-state index contributed by atoms with van der Waals surface area (Å²) in [6, 6.07) is 13.9. The van der Waals surface area contributed by atoms with Crippen LogP contribution < -0.4 is 15.4 Å². The molecule has 0 bridgehead atoms. The van der Waals surface area contributed by atoms with Crippen LogP contribution in [0.15, 0.2) is 54.7 Å². The van der Waals surface area contributed by atoms with Crippen LogP contribution in [0.3, 0.4) is 0 Å². The number of piperidine rings is 1. The SMILES string of the molecule is COC1CCN(CC(=O)Nc2cc(Oc3ccc4c(c3)nc(Nc3cc(C)ccc3F)n4C)ccn2)CC1.